The number of phosphoric ester groups is 4. The molecule has 0 spiro atoms. The largest absolute Gasteiger partial charge is 0.472 e. The van der Waals surface area contributed by atoms with E-state index in [1.807, 2.05) is 0 Å². The Morgan fingerprint density at radius 1 is 0.456 bits per heavy atom. The molecule has 0 amide bonds. The van der Waals surface area contributed by atoms with Crippen LogP contribution in [0.25, 0.3) is 0 Å². The number of carbonyl (C=O) groups is 2. The SMILES string of the molecule is CCCCCCCCCCCCCCCC(=O)O[C@H](COC(=O)CCCCCCCCCCCCCCCS)COP(=O)(O)OC1C(O)[C@H](OP(=O)(O)O)C(OP(=O)(O)O)[C@H](OP(=O)(O)O)[C@@H]1O. The molecule has 1 aliphatic rings. The zero-order valence-corrected chi connectivity index (χ0v) is 44.0. The van der Waals surface area contributed by atoms with E-state index in [2.05, 4.69) is 33.1 Å². The third-order valence-corrected chi connectivity index (χ3v) is 14.1. The quantitative estimate of drug-likeness (QED) is 0.0120. The van der Waals surface area contributed by atoms with Gasteiger partial charge in [-0.15, -0.1) is 0 Å². The van der Waals surface area contributed by atoms with Gasteiger partial charge in [-0.2, -0.15) is 12.6 Å². The van der Waals surface area contributed by atoms with Gasteiger partial charge >= 0.3 is 43.2 Å². The van der Waals surface area contributed by atoms with Gasteiger partial charge < -0.3 is 53.9 Å². The third kappa shape index (κ3) is 34.1. The number of unbranched alkanes of at least 4 members (excludes halogenated alkanes) is 24. The summed E-state index contributed by atoms with van der Waals surface area (Å²) in [6, 6.07) is 0. The van der Waals surface area contributed by atoms with Gasteiger partial charge in [-0.1, -0.05) is 155 Å². The standard InChI is InChI=1S/C41H82O22P4S/c1-2-3-4-5-6-7-8-10-14-17-20-23-26-29-35(43)59-33(31-57-34(42)28-25-22-19-16-13-11-9-12-15-18-21-24-27-30-68)32-58-67(55,56)63-38-36(44)39(60-64(46,47)48)41(62-66(52,53)54)40(37(38)45)61-65(49,50)51/h33,36-41,44-45,68H,2-32H2,1H3,(H,55,56)(H2,46,47,48)(H2,49,50,51)(H2,52,53,54)/t33-,36-,37?,38?,39-,40+,41?/m1/s1. The van der Waals surface area contributed by atoms with Crippen LogP contribution < -0.4 is 0 Å². The Morgan fingerprint density at radius 2 is 0.794 bits per heavy atom. The van der Waals surface area contributed by atoms with E-state index in [0.29, 0.717) is 12.8 Å². The number of hydrogen-bond donors (Lipinski definition) is 10. The minimum atomic E-state index is -5.79. The summed E-state index contributed by atoms with van der Waals surface area (Å²) in [4.78, 5) is 92.8. The maximum absolute atomic E-state index is 13.3. The molecule has 1 fully saturated rings. The molecular weight excluding hydrogens is 1000 g/mol. The van der Waals surface area contributed by atoms with E-state index in [4.69, 9.17) is 18.5 Å². The minimum Gasteiger partial charge on any atom is -0.462 e. The Hall–Kier alpha value is -0.350. The monoisotopic (exact) mass is 1080 g/mol. The van der Waals surface area contributed by atoms with Crippen LogP contribution in [-0.4, -0.2) is 118 Å². The van der Waals surface area contributed by atoms with E-state index in [-0.39, 0.29) is 12.8 Å². The molecule has 0 radical (unpaired) electrons. The smallest absolute Gasteiger partial charge is 0.462 e. The molecule has 1 rings (SSSR count). The first-order valence-corrected chi connectivity index (χ1v) is 30.9. The molecule has 22 nitrogen and oxygen atoms in total. The lowest BCUT2D eigenvalue weighted by molar-refractivity contribution is -0.209. The first-order chi connectivity index (χ1) is 32.0. The highest BCUT2D eigenvalue weighted by Gasteiger charge is 2.59. The van der Waals surface area contributed by atoms with Crippen molar-refractivity contribution in [3.05, 3.63) is 0 Å². The van der Waals surface area contributed by atoms with Crippen molar-refractivity contribution in [3.8, 4) is 0 Å². The zero-order chi connectivity index (χ0) is 51.1. The molecule has 404 valence electrons. The Kier molecular flexibility index (Phi) is 35.3. The first kappa shape index (κ1) is 65.7. The van der Waals surface area contributed by atoms with E-state index >= 15 is 0 Å². The van der Waals surface area contributed by atoms with Crippen LogP contribution in [0, 0.1) is 0 Å². The second-order valence-corrected chi connectivity index (χ2v) is 22.8. The lowest BCUT2D eigenvalue weighted by Gasteiger charge is -2.45. The summed E-state index contributed by atoms with van der Waals surface area (Å²) in [7, 11) is -23.0. The van der Waals surface area contributed by atoms with Crippen molar-refractivity contribution in [1.29, 1.82) is 0 Å². The highest BCUT2D eigenvalue weighted by Crippen LogP contribution is 2.53. The molecule has 0 saturated heterocycles. The minimum absolute atomic E-state index is 0.0369. The van der Waals surface area contributed by atoms with Crippen molar-refractivity contribution < 1.29 is 104 Å². The topological polar surface area (TPSA) is 349 Å². The van der Waals surface area contributed by atoms with E-state index in [1.54, 1.807) is 0 Å². The molecule has 0 heterocycles. The van der Waals surface area contributed by atoms with E-state index in [9.17, 15) is 72.3 Å². The predicted molar refractivity (Wildman–Crippen MR) is 253 cm³/mol. The van der Waals surface area contributed by atoms with Gasteiger partial charge in [0.15, 0.2) is 6.10 Å². The summed E-state index contributed by atoms with van der Waals surface area (Å²) in [5.74, 6) is -0.463. The van der Waals surface area contributed by atoms with Crippen molar-refractivity contribution >= 4 is 55.9 Å². The van der Waals surface area contributed by atoms with Gasteiger partial charge in [0.05, 0.1) is 6.61 Å². The number of thiol groups is 1. The molecule has 0 aromatic rings. The van der Waals surface area contributed by atoms with Crippen LogP contribution in [0.4, 0.5) is 0 Å². The maximum atomic E-state index is 13.3. The molecule has 4 unspecified atom stereocenters. The van der Waals surface area contributed by atoms with Gasteiger partial charge in [0.25, 0.3) is 0 Å². The first-order valence-electron chi connectivity index (χ1n) is 24.2. The summed E-state index contributed by atoms with van der Waals surface area (Å²) in [5, 5.41) is 21.8. The van der Waals surface area contributed by atoms with E-state index in [1.165, 1.54) is 83.5 Å². The van der Waals surface area contributed by atoms with Crippen molar-refractivity contribution in [3.63, 3.8) is 0 Å². The van der Waals surface area contributed by atoms with E-state index < -0.39 is 99.2 Å². The average Bonchev–Trinajstić information content (AvgIpc) is 3.24. The van der Waals surface area contributed by atoms with E-state index in [0.717, 1.165) is 76.4 Å². The molecule has 27 heteroatoms. The Labute approximate surface area is 407 Å². The number of aliphatic hydroxyl groups is 2. The van der Waals surface area contributed by atoms with Crippen LogP contribution >= 0.6 is 43.9 Å². The maximum Gasteiger partial charge on any atom is 0.472 e. The van der Waals surface area contributed by atoms with Crippen molar-refractivity contribution in [2.24, 2.45) is 0 Å². The van der Waals surface area contributed by atoms with Gasteiger partial charge in [-0.05, 0) is 25.0 Å². The van der Waals surface area contributed by atoms with Crippen LogP contribution in [0.5, 0.6) is 0 Å². The molecule has 68 heavy (non-hydrogen) atoms. The lowest BCUT2D eigenvalue weighted by atomic mass is 9.85. The van der Waals surface area contributed by atoms with Crippen LogP contribution in [0.15, 0.2) is 0 Å². The molecule has 0 bridgehead atoms. The van der Waals surface area contributed by atoms with Crippen molar-refractivity contribution in [1.82, 2.24) is 0 Å². The van der Waals surface area contributed by atoms with Gasteiger partial charge in [0, 0.05) is 12.8 Å². The van der Waals surface area contributed by atoms with Crippen LogP contribution in [0.1, 0.15) is 187 Å². The third-order valence-electron chi connectivity index (χ3n) is 11.2. The second kappa shape index (κ2) is 36.6. The fraction of sp³-hybridized carbons (Fsp3) is 0.951. The number of hydrogen-bond acceptors (Lipinski definition) is 16. The highest BCUT2D eigenvalue weighted by molar-refractivity contribution is 7.80. The predicted octanol–water partition coefficient (Wildman–Crippen LogP) is 7.99. The molecule has 1 saturated carbocycles. The molecule has 0 aromatic carbocycles. The number of esters is 2. The summed E-state index contributed by atoms with van der Waals surface area (Å²) in [6.07, 6.45) is 10.1. The highest BCUT2D eigenvalue weighted by atomic mass is 32.1. The lowest BCUT2D eigenvalue weighted by Crippen LogP contribution is -2.65. The Morgan fingerprint density at radius 3 is 1.16 bits per heavy atom. The number of aliphatic hydroxyl groups excluding tert-OH is 2. The number of carbonyl (C=O) groups excluding carboxylic acids is 2. The number of ether oxygens (including phenoxy) is 2. The van der Waals surface area contributed by atoms with Crippen molar-refractivity contribution in [2.75, 3.05) is 19.0 Å². The van der Waals surface area contributed by atoms with Gasteiger partial charge in [-0.25, -0.2) is 18.3 Å². The van der Waals surface area contributed by atoms with Crippen LogP contribution in [0.2, 0.25) is 0 Å². The summed E-state index contributed by atoms with van der Waals surface area (Å²) in [6.45, 7) is 0.551. The molecular formula is C41H82O22P4S. The molecule has 9 N–H and O–H groups in total. The molecule has 0 aliphatic heterocycles. The normalized spacial score (nSPS) is 21.6. The molecule has 8 atom stereocenters. The summed E-state index contributed by atoms with van der Waals surface area (Å²) < 4.78 is 82.1. The Bertz CT molecular complexity index is 1510. The molecule has 1 aliphatic carbocycles. The number of phosphoric acid groups is 4. The second-order valence-electron chi connectivity index (χ2n) is 17.4. The van der Waals surface area contributed by atoms with Gasteiger partial charge in [-0.3, -0.25) is 32.2 Å². The van der Waals surface area contributed by atoms with Gasteiger partial charge in [0.1, 0.15) is 43.2 Å². The molecule has 0 aromatic heterocycles. The summed E-state index contributed by atoms with van der Waals surface area (Å²) in [5.41, 5.74) is 0. The van der Waals surface area contributed by atoms with Crippen LogP contribution in [-0.2, 0) is 59.9 Å². The Balaban J connectivity index is 2.89. The summed E-state index contributed by atoms with van der Waals surface area (Å²) >= 11 is 4.24. The number of rotatable bonds is 43. The average molecular weight is 1080 g/mol. The fourth-order valence-electron chi connectivity index (χ4n) is 7.71. The van der Waals surface area contributed by atoms with Crippen LogP contribution in [0.3, 0.4) is 0 Å². The van der Waals surface area contributed by atoms with Gasteiger partial charge in [0.2, 0.25) is 0 Å². The zero-order valence-electron chi connectivity index (χ0n) is 39.5. The fourth-order valence-corrected chi connectivity index (χ4v) is 10.6. The van der Waals surface area contributed by atoms with Crippen molar-refractivity contribution in [2.45, 2.75) is 229 Å².